The van der Waals surface area contributed by atoms with Gasteiger partial charge >= 0.3 is 0 Å². The van der Waals surface area contributed by atoms with Gasteiger partial charge in [-0.2, -0.15) is 0 Å². The summed E-state index contributed by atoms with van der Waals surface area (Å²) in [6.07, 6.45) is 0.879. The molecule has 7 heteroatoms. The molecule has 1 aliphatic rings. The van der Waals surface area contributed by atoms with Crippen LogP contribution in [0.1, 0.15) is 11.1 Å². The van der Waals surface area contributed by atoms with Crippen LogP contribution in [0.4, 0.5) is 11.5 Å². The fourth-order valence-electron chi connectivity index (χ4n) is 3.56. The van der Waals surface area contributed by atoms with Gasteiger partial charge in [-0.1, -0.05) is 23.7 Å². The second kappa shape index (κ2) is 9.60. The van der Waals surface area contributed by atoms with Crippen molar-refractivity contribution in [2.24, 2.45) is 0 Å². The van der Waals surface area contributed by atoms with Crippen molar-refractivity contribution < 1.29 is 4.74 Å². The molecule has 1 aliphatic heterocycles. The maximum atomic E-state index is 5.93. The van der Waals surface area contributed by atoms with Gasteiger partial charge in [0.05, 0.1) is 18.7 Å². The number of nitrogens with zero attached hydrogens (tertiary/aromatic N) is 2. The Morgan fingerprint density at radius 1 is 1.13 bits per heavy atom. The lowest BCUT2D eigenvalue weighted by Gasteiger charge is -2.28. The van der Waals surface area contributed by atoms with Crippen molar-refractivity contribution >= 4 is 51.3 Å². The van der Waals surface area contributed by atoms with E-state index in [2.05, 4.69) is 34.6 Å². The molecule has 0 saturated carbocycles. The minimum atomic E-state index is 0.610. The van der Waals surface area contributed by atoms with E-state index in [9.17, 15) is 0 Å². The van der Waals surface area contributed by atoms with Gasteiger partial charge in [-0.15, -0.1) is 0 Å². The first-order chi connectivity index (χ1) is 14.6. The summed E-state index contributed by atoms with van der Waals surface area (Å²) in [6, 6.07) is 16.2. The van der Waals surface area contributed by atoms with Crippen LogP contribution < -0.4 is 15.5 Å². The first kappa shape index (κ1) is 20.8. The highest BCUT2D eigenvalue weighted by Gasteiger charge is 2.14. The number of nitrogens with one attached hydrogen (secondary N) is 2. The fourth-order valence-corrected chi connectivity index (χ4v) is 3.90. The number of pyridine rings is 1. The summed E-state index contributed by atoms with van der Waals surface area (Å²) in [7, 11) is 0. The van der Waals surface area contributed by atoms with Crippen molar-refractivity contribution in [3.63, 3.8) is 0 Å². The zero-order chi connectivity index (χ0) is 20.9. The summed E-state index contributed by atoms with van der Waals surface area (Å²) < 4.78 is 5.45. The molecule has 0 spiro atoms. The van der Waals surface area contributed by atoms with Crippen LogP contribution in [0.25, 0.3) is 10.9 Å². The molecule has 2 aromatic carbocycles. The summed E-state index contributed by atoms with van der Waals surface area (Å²) in [5.74, 6) is 1.02. The molecule has 0 bridgehead atoms. The Bertz CT molecular complexity index is 1040. The van der Waals surface area contributed by atoms with E-state index in [-0.39, 0.29) is 0 Å². The maximum Gasteiger partial charge on any atom is 0.170 e. The summed E-state index contributed by atoms with van der Waals surface area (Å²) >= 11 is 11.4. The summed E-state index contributed by atoms with van der Waals surface area (Å²) in [5, 5.41) is 9.03. The first-order valence-electron chi connectivity index (χ1n) is 10.1. The molecule has 5 nitrogen and oxygen atoms in total. The Labute approximate surface area is 187 Å². The molecule has 1 fully saturated rings. The number of hydrogen-bond donors (Lipinski definition) is 2. The maximum absolute atomic E-state index is 5.93. The van der Waals surface area contributed by atoms with Gasteiger partial charge < -0.3 is 20.3 Å². The molecular formula is C23H25ClN4OS. The average molecular weight is 441 g/mol. The molecule has 1 saturated heterocycles. The van der Waals surface area contributed by atoms with Crippen LogP contribution in [0, 0.1) is 6.92 Å². The van der Waals surface area contributed by atoms with Gasteiger partial charge in [0.15, 0.2) is 5.11 Å². The largest absolute Gasteiger partial charge is 0.378 e. The summed E-state index contributed by atoms with van der Waals surface area (Å²) in [4.78, 5) is 7.13. The van der Waals surface area contributed by atoms with Crippen molar-refractivity contribution in [3.8, 4) is 0 Å². The smallest absolute Gasteiger partial charge is 0.170 e. The average Bonchev–Trinajstić information content (AvgIpc) is 2.76. The number of halogens is 1. The van der Waals surface area contributed by atoms with Crippen LogP contribution in [0.15, 0.2) is 48.5 Å². The number of rotatable bonds is 5. The molecule has 0 radical (unpaired) electrons. The Balaban J connectivity index is 1.38. The van der Waals surface area contributed by atoms with Crippen LogP contribution in [-0.2, 0) is 11.2 Å². The zero-order valence-electron chi connectivity index (χ0n) is 17.0. The van der Waals surface area contributed by atoms with Gasteiger partial charge in [-0.3, -0.25) is 0 Å². The summed E-state index contributed by atoms with van der Waals surface area (Å²) in [5.41, 5.74) is 4.36. The fraction of sp³-hybridized carbons (Fsp3) is 0.304. The van der Waals surface area contributed by atoms with Crippen LogP contribution >= 0.6 is 23.8 Å². The monoisotopic (exact) mass is 440 g/mol. The first-order valence-corrected chi connectivity index (χ1v) is 10.9. The Hall–Kier alpha value is -2.41. The third-order valence-corrected chi connectivity index (χ3v) is 5.71. The molecule has 0 atom stereocenters. The molecule has 0 aliphatic carbocycles. The lowest BCUT2D eigenvalue weighted by molar-refractivity contribution is 0.122. The molecular weight excluding hydrogens is 416 g/mol. The molecule has 30 heavy (non-hydrogen) atoms. The van der Waals surface area contributed by atoms with Crippen LogP contribution in [-0.4, -0.2) is 42.9 Å². The summed E-state index contributed by atoms with van der Waals surface area (Å²) in [6.45, 7) is 6.15. The topological polar surface area (TPSA) is 49.4 Å². The predicted octanol–water partition coefficient (Wildman–Crippen LogP) is 4.56. The Morgan fingerprint density at radius 2 is 1.90 bits per heavy atom. The highest BCUT2D eigenvalue weighted by molar-refractivity contribution is 7.80. The number of benzene rings is 2. The molecule has 2 N–H and O–H groups in total. The van der Waals surface area contributed by atoms with Crippen molar-refractivity contribution in [2.45, 2.75) is 13.3 Å². The number of hydrogen-bond acceptors (Lipinski definition) is 4. The Morgan fingerprint density at radius 3 is 2.67 bits per heavy atom. The van der Waals surface area contributed by atoms with Gasteiger partial charge in [0.2, 0.25) is 0 Å². The van der Waals surface area contributed by atoms with Gasteiger partial charge in [-0.05, 0) is 73.1 Å². The molecule has 3 aromatic rings. The van der Waals surface area contributed by atoms with Crippen molar-refractivity contribution in [1.82, 2.24) is 10.3 Å². The number of thiocarbonyl (C=S) groups is 1. The minimum absolute atomic E-state index is 0.610. The van der Waals surface area contributed by atoms with Crippen LogP contribution in [0.2, 0.25) is 5.02 Å². The molecule has 0 amide bonds. The number of morpholine rings is 1. The van der Waals surface area contributed by atoms with E-state index in [0.29, 0.717) is 5.11 Å². The zero-order valence-corrected chi connectivity index (χ0v) is 18.5. The number of anilines is 2. The van der Waals surface area contributed by atoms with E-state index >= 15 is 0 Å². The van der Waals surface area contributed by atoms with Crippen LogP contribution in [0.5, 0.6) is 0 Å². The second-order valence-corrected chi connectivity index (χ2v) is 8.23. The van der Waals surface area contributed by atoms with E-state index in [1.807, 2.05) is 36.4 Å². The molecule has 1 aromatic heterocycles. The Kier molecular flexibility index (Phi) is 6.67. The lowest BCUT2D eigenvalue weighted by atomic mass is 10.1. The van der Waals surface area contributed by atoms with Gasteiger partial charge in [0, 0.05) is 35.7 Å². The van der Waals surface area contributed by atoms with Gasteiger partial charge in [0.1, 0.15) is 5.82 Å². The standard InChI is InChI=1S/C23H25ClN4OS/c1-16-14-22(28-10-12-29-13-11-28)27-21-7-6-19(15-20(16)21)26-23(30)25-9-8-17-2-4-18(24)5-3-17/h2-7,14-15H,8-13H2,1H3,(H2,25,26,30). The minimum Gasteiger partial charge on any atom is -0.378 e. The van der Waals surface area contributed by atoms with Crippen LogP contribution in [0.3, 0.4) is 0 Å². The van der Waals surface area contributed by atoms with Crippen molar-refractivity contribution in [3.05, 3.63) is 64.7 Å². The van der Waals surface area contributed by atoms with E-state index in [4.69, 9.17) is 33.5 Å². The third kappa shape index (κ3) is 5.19. The van der Waals surface area contributed by atoms with E-state index in [0.717, 1.165) is 66.7 Å². The molecule has 156 valence electrons. The molecule has 0 unspecified atom stereocenters. The van der Waals surface area contributed by atoms with E-state index < -0.39 is 0 Å². The SMILES string of the molecule is Cc1cc(N2CCOCC2)nc2ccc(NC(=S)NCCc3ccc(Cl)cc3)cc12. The molecule has 4 rings (SSSR count). The highest BCUT2D eigenvalue weighted by atomic mass is 35.5. The third-order valence-electron chi connectivity index (χ3n) is 5.21. The van der Waals surface area contributed by atoms with E-state index in [1.54, 1.807) is 0 Å². The number of fused-ring (bicyclic) bond motifs is 1. The number of ether oxygens (including phenoxy) is 1. The number of aromatic nitrogens is 1. The highest BCUT2D eigenvalue weighted by Crippen LogP contribution is 2.25. The van der Waals surface area contributed by atoms with Crippen molar-refractivity contribution in [2.75, 3.05) is 43.1 Å². The predicted molar refractivity (Wildman–Crippen MR) is 129 cm³/mol. The lowest BCUT2D eigenvalue weighted by Crippen LogP contribution is -2.36. The van der Waals surface area contributed by atoms with E-state index in [1.165, 1.54) is 11.1 Å². The molecule has 2 heterocycles. The number of aryl methyl sites for hydroxylation is 1. The second-order valence-electron chi connectivity index (χ2n) is 7.39. The van der Waals surface area contributed by atoms with Gasteiger partial charge in [0.25, 0.3) is 0 Å². The van der Waals surface area contributed by atoms with Crippen molar-refractivity contribution in [1.29, 1.82) is 0 Å². The van der Waals surface area contributed by atoms with Gasteiger partial charge in [-0.25, -0.2) is 4.98 Å². The normalized spacial score (nSPS) is 14.0. The quantitative estimate of drug-likeness (QED) is 0.567.